The topological polar surface area (TPSA) is 86.8 Å². The van der Waals surface area contributed by atoms with E-state index in [9.17, 15) is 22.4 Å². The molecule has 40 heavy (non-hydrogen) atoms. The lowest BCUT2D eigenvalue weighted by Crippen LogP contribution is -2.55. The van der Waals surface area contributed by atoms with Crippen molar-refractivity contribution in [3.63, 3.8) is 0 Å². The van der Waals surface area contributed by atoms with Crippen LogP contribution in [-0.4, -0.2) is 43.3 Å². The van der Waals surface area contributed by atoms with Gasteiger partial charge < -0.3 is 10.2 Å². The number of benzene rings is 3. The molecular weight excluding hydrogens is 576 g/mol. The molecule has 3 aromatic carbocycles. The average Bonchev–Trinajstić information content (AvgIpc) is 2.89. The summed E-state index contributed by atoms with van der Waals surface area (Å²) in [6.45, 7) is 6.48. The minimum absolute atomic E-state index is 0.0142. The van der Waals surface area contributed by atoms with Crippen LogP contribution >= 0.6 is 23.2 Å². The number of hydrogen-bond donors (Lipinski definition) is 1. The first kappa shape index (κ1) is 31.4. The lowest BCUT2D eigenvalue weighted by molar-refractivity contribution is -0.141. The number of hydrogen-bond acceptors (Lipinski definition) is 4. The van der Waals surface area contributed by atoms with Crippen molar-refractivity contribution in [2.45, 2.75) is 57.1 Å². The Balaban J connectivity index is 2.10. The van der Waals surface area contributed by atoms with Gasteiger partial charge in [-0.3, -0.25) is 13.9 Å². The van der Waals surface area contributed by atoms with Crippen LogP contribution in [0.1, 0.15) is 39.7 Å². The molecule has 3 aromatic rings. The van der Waals surface area contributed by atoms with E-state index in [1.165, 1.54) is 59.5 Å². The summed E-state index contributed by atoms with van der Waals surface area (Å²) in [6, 6.07) is 16.5. The van der Waals surface area contributed by atoms with E-state index in [2.05, 4.69) is 5.32 Å². The highest BCUT2D eigenvalue weighted by Crippen LogP contribution is 2.33. The maximum atomic E-state index is 14.0. The highest BCUT2D eigenvalue weighted by atomic mass is 35.5. The predicted octanol–water partition coefficient (Wildman–Crippen LogP) is 6.05. The van der Waals surface area contributed by atoms with E-state index in [1.54, 1.807) is 25.1 Å². The van der Waals surface area contributed by atoms with E-state index in [0.29, 0.717) is 5.56 Å². The largest absolute Gasteiger partial charge is 0.350 e. The Bertz CT molecular complexity index is 1450. The van der Waals surface area contributed by atoms with Crippen LogP contribution in [0, 0.1) is 5.82 Å². The predicted molar refractivity (Wildman–Crippen MR) is 156 cm³/mol. The molecule has 1 N–H and O–H groups in total. The van der Waals surface area contributed by atoms with E-state index in [0.717, 1.165) is 4.31 Å². The van der Waals surface area contributed by atoms with Gasteiger partial charge >= 0.3 is 0 Å². The first-order valence-corrected chi connectivity index (χ1v) is 14.8. The maximum absolute atomic E-state index is 14.0. The van der Waals surface area contributed by atoms with Gasteiger partial charge in [0.05, 0.1) is 15.6 Å². The molecule has 214 valence electrons. The van der Waals surface area contributed by atoms with Gasteiger partial charge in [-0.2, -0.15) is 0 Å². The molecule has 0 saturated carbocycles. The summed E-state index contributed by atoms with van der Waals surface area (Å²) >= 11 is 12.6. The molecule has 3 rings (SSSR count). The van der Waals surface area contributed by atoms with Gasteiger partial charge in [-0.1, -0.05) is 60.5 Å². The Labute approximate surface area is 244 Å². The molecule has 0 aliphatic rings. The number of nitrogens with zero attached hydrogens (tertiary/aromatic N) is 2. The Morgan fingerprint density at radius 2 is 1.60 bits per heavy atom. The highest BCUT2D eigenvalue weighted by molar-refractivity contribution is 7.92. The highest BCUT2D eigenvalue weighted by Gasteiger charge is 2.35. The number of carbonyl (C=O) groups excluding carboxylic acids is 2. The maximum Gasteiger partial charge on any atom is 0.264 e. The van der Waals surface area contributed by atoms with Gasteiger partial charge in [-0.15, -0.1) is 0 Å². The minimum atomic E-state index is -4.29. The van der Waals surface area contributed by atoms with Crippen LogP contribution in [0.15, 0.2) is 77.7 Å². The normalized spacial score (nSPS) is 12.5. The van der Waals surface area contributed by atoms with Crippen LogP contribution in [-0.2, 0) is 26.2 Å². The summed E-state index contributed by atoms with van der Waals surface area (Å²) in [5.74, 6) is -1.51. The molecule has 11 heteroatoms. The fraction of sp³-hybridized carbons (Fsp3) is 0.310. The second kappa shape index (κ2) is 13.0. The molecule has 0 aliphatic heterocycles. The molecule has 0 fully saturated rings. The molecule has 0 aliphatic carbocycles. The number of sulfonamides is 1. The number of halogens is 3. The number of rotatable bonds is 10. The average molecular weight is 609 g/mol. The molecule has 0 aromatic heterocycles. The van der Waals surface area contributed by atoms with Crippen LogP contribution in [0.3, 0.4) is 0 Å². The van der Waals surface area contributed by atoms with E-state index in [-0.39, 0.29) is 33.6 Å². The van der Waals surface area contributed by atoms with Gasteiger partial charge in [-0.25, -0.2) is 12.8 Å². The van der Waals surface area contributed by atoms with Crippen molar-refractivity contribution >= 4 is 50.7 Å². The van der Waals surface area contributed by atoms with Crippen molar-refractivity contribution in [3.05, 3.63) is 94.2 Å². The summed E-state index contributed by atoms with van der Waals surface area (Å²) in [5, 5.41) is 3.19. The minimum Gasteiger partial charge on any atom is -0.350 e. The molecular formula is C29H32Cl2FN3O4S. The van der Waals surface area contributed by atoms with Gasteiger partial charge in [0, 0.05) is 17.1 Å². The lowest BCUT2D eigenvalue weighted by Gasteiger charge is -2.35. The zero-order valence-corrected chi connectivity index (χ0v) is 25.0. The van der Waals surface area contributed by atoms with Gasteiger partial charge in [0.1, 0.15) is 18.4 Å². The number of nitrogens with one attached hydrogen (secondary N) is 1. The van der Waals surface area contributed by atoms with E-state index >= 15 is 0 Å². The number of anilines is 1. The van der Waals surface area contributed by atoms with Gasteiger partial charge in [0.25, 0.3) is 10.0 Å². The zero-order chi connectivity index (χ0) is 29.7. The summed E-state index contributed by atoms with van der Waals surface area (Å²) in [5.41, 5.74) is 0.00170. The van der Waals surface area contributed by atoms with E-state index < -0.39 is 45.8 Å². The van der Waals surface area contributed by atoms with Crippen LogP contribution in [0.4, 0.5) is 10.1 Å². The lowest BCUT2D eigenvalue weighted by atomic mass is 10.1. The second-order valence-corrected chi connectivity index (χ2v) is 12.9. The first-order chi connectivity index (χ1) is 18.7. The molecule has 0 unspecified atom stereocenters. The number of carbonyl (C=O) groups is 2. The second-order valence-electron chi connectivity index (χ2n) is 10.2. The third kappa shape index (κ3) is 7.96. The molecule has 0 radical (unpaired) electrons. The van der Waals surface area contributed by atoms with E-state index in [4.69, 9.17) is 23.2 Å². The third-order valence-corrected chi connectivity index (χ3v) is 8.27. The van der Waals surface area contributed by atoms with Crippen LogP contribution in [0.25, 0.3) is 0 Å². The van der Waals surface area contributed by atoms with Crippen LogP contribution in [0.5, 0.6) is 0 Å². The standard InChI is InChI=1S/C29H32Cl2FN3O4S/c1-5-25(28(37)33-29(2,3)4)34(18-20-11-14-22(32)15-12-20)27(36)19-35(26-17-21(30)13-16-24(26)31)40(38,39)23-9-7-6-8-10-23/h6-17,25H,5,18-19H2,1-4H3,(H,33,37)/t25-/m1/s1. The van der Waals surface area contributed by atoms with E-state index in [1.807, 2.05) is 20.8 Å². The van der Waals surface area contributed by atoms with Crippen molar-refractivity contribution in [2.24, 2.45) is 0 Å². The van der Waals surface area contributed by atoms with Crippen molar-refractivity contribution in [1.82, 2.24) is 10.2 Å². The Morgan fingerprint density at radius 3 is 2.17 bits per heavy atom. The smallest absolute Gasteiger partial charge is 0.264 e. The van der Waals surface area contributed by atoms with Crippen molar-refractivity contribution in [3.8, 4) is 0 Å². The monoisotopic (exact) mass is 607 g/mol. The first-order valence-electron chi connectivity index (χ1n) is 12.6. The van der Waals surface area contributed by atoms with Gasteiger partial charge in [0.15, 0.2) is 0 Å². The molecule has 0 spiro atoms. The van der Waals surface area contributed by atoms with Crippen molar-refractivity contribution in [2.75, 3.05) is 10.8 Å². The summed E-state index contributed by atoms with van der Waals surface area (Å²) in [4.78, 5) is 28.6. The molecule has 7 nitrogen and oxygen atoms in total. The Morgan fingerprint density at radius 1 is 0.975 bits per heavy atom. The molecule has 2 amide bonds. The van der Waals surface area contributed by atoms with Crippen molar-refractivity contribution < 1.29 is 22.4 Å². The van der Waals surface area contributed by atoms with Gasteiger partial charge in [0.2, 0.25) is 11.8 Å². The zero-order valence-electron chi connectivity index (χ0n) is 22.7. The quantitative estimate of drug-likeness (QED) is 0.304. The SMILES string of the molecule is CC[C@H](C(=O)NC(C)(C)C)N(Cc1ccc(F)cc1)C(=O)CN(c1cc(Cl)ccc1Cl)S(=O)(=O)c1ccccc1. The summed E-state index contributed by atoms with van der Waals surface area (Å²) in [6.07, 6.45) is 0.248. The fourth-order valence-corrected chi connectivity index (χ4v) is 5.95. The third-order valence-electron chi connectivity index (χ3n) is 5.94. The molecule has 1 atom stereocenters. The summed E-state index contributed by atoms with van der Waals surface area (Å²) < 4.78 is 42.2. The Hall–Kier alpha value is -3.14. The molecule has 0 heterocycles. The van der Waals surface area contributed by atoms with Crippen LogP contribution in [0.2, 0.25) is 10.0 Å². The summed E-state index contributed by atoms with van der Waals surface area (Å²) in [7, 11) is -4.29. The van der Waals surface area contributed by atoms with Gasteiger partial charge in [-0.05, 0) is 75.2 Å². The Kier molecular flexibility index (Phi) is 10.2. The van der Waals surface area contributed by atoms with Crippen molar-refractivity contribution in [1.29, 1.82) is 0 Å². The molecule has 0 bridgehead atoms. The number of amides is 2. The molecule has 0 saturated heterocycles. The fourth-order valence-electron chi connectivity index (χ4n) is 4.07. The van der Waals surface area contributed by atoms with Crippen LogP contribution < -0.4 is 9.62 Å².